The molecule has 3 rings (SSSR count). The third kappa shape index (κ3) is 2.15. The second-order valence-corrected chi connectivity index (χ2v) is 5.34. The highest BCUT2D eigenvalue weighted by molar-refractivity contribution is 6.30. The van der Waals surface area contributed by atoms with Gasteiger partial charge >= 0.3 is 0 Å². The number of nitrogens with one attached hydrogen (secondary N) is 1. The summed E-state index contributed by atoms with van der Waals surface area (Å²) >= 11 is 5.90. The molecule has 2 atom stereocenters. The molecule has 19 heavy (non-hydrogen) atoms. The summed E-state index contributed by atoms with van der Waals surface area (Å²) in [6, 6.07) is 13.8. The molecule has 0 aliphatic heterocycles. The minimum Gasteiger partial charge on any atom is -0.313 e. The highest BCUT2D eigenvalue weighted by Gasteiger charge is 2.30. The lowest BCUT2D eigenvalue weighted by atomic mass is 9.93. The number of fused-ring (bicyclic) bond motifs is 1. The van der Waals surface area contributed by atoms with Crippen LogP contribution in [0.4, 0.5) is 4.39 Å². The fraction of sp³-hybridized carbons (Fsp3) is 0.250. The SMILES string of the molecule is CN[C@H]1C[C@H](c2ccc(F)c(Cl)c2)c2ccccc21. The van der Waals surface area contributed by atoms with Crippen LogP contribution in [0, 0.1) is 5.82 Å². The first-order valence-electron chi connectivity index (χ1n) is 6.41. The normalized spacial score (nSPS) is 21.4. The molecule has 3 heteroatoms. The van der Waals surface area contributed by atoms with Crippen molar-refractivity contribution in [1.29, 1.82) is 0 Å². The summed E-state index contributed by atoms with van der Waals surface area (Å²) in [7, 11) is 1.97. The number of hydrogen-bond donors (Lipinski definition) is 1. The van der Waals surface area contributed by atoms with Gasteiger partial charge in [0.15, 0.2) is 0 Å². The maximum absolute atomic E-state index is 13.3. The van der Waals surface area contributed by atoms with E-state index in [0.29, 0.717) is 6.04 Å². The third-order valence-electron chi connectivity index (χ3n) is 3.91. The maximum atomic E-state index is 13.3. The van der Waals surface area contributed by atoms with E-state index in [1.165, 1.54) is 17.2 Å². The van der Waals surface area contributed by atoms with Gasteiger partial charge in [0.1, 0.15) is 5.82 Å². The van der Waals surface area contributed by atoms with Gasteiger partial charge in [-0.05, 0) is 42.3 Å². The van der Waals surface area contributed by atoms with E-state index in [1.807, 2.05) is 13.1 Å². The van der Waals surface area contributed by atoms with Gasteiger partial charge in [0.25, 0.3) is 0 Å². The summed E-state index contributed by atoms with van der Waals surface area (Å²) in [5, 5.41) is 3.54. The van der Waals surface area contributed by atoms with Crippen molar-refractivity contribution in [1.82, 2.24) is 5.32 Å². The zero-order valence-corrected chi connectivity index (χ0v) is 11.4. The quantitative estimate of drug-likeness (QED) is 0.863. The monoisotopic (exact) mass is 275 g/mol. The molecule has 2 aromatic carbocycles. The Hall–Kier alpha value is -1.38. The first kappa shape index (κ1) is 12.6. The van der Waals surface area contributed by atoms with Crippen LogP contribution in [0.25, 0.3) is 0 Å². The van der Waals surface area contributed by atoms with Crippen LogP contribution in [-0.2, 0) is 0 Å². The first-order valence-corrected chi connectivity index (χ1v) is 6.79. The fourth-order valence-corrected chi connectivity index (χ4v) is 3.14. The average Bonchev–Trinajstić information content (AvgIpc) is 2.81. The van der Waals surface area contributed by atoms with E-state index >= 15 is 0 Å². The Morgan fingerprint density at radius 1 is 1.16 bits per heavy atom. The molecule has 0 saturated carbocycles. The molecule has 0 amide bonds. The van der Waals surface area contributed by atoms with Crippen LogP contribution in [0.1, 0.15) is 35.1 Å². The smallest absolute Gasteiger partial charge is 0.141 e. The van der Waals surface area contributed by atoms with Gasteiger partial charge in [0.2, 0.25) is 0 Å². The molecule has 0 spiro atoms. The van der Waals surface area contributed by atoms with Crippen molar-refractivity contribution in [3.63, 3.8) is 0 Å². The van der Waals surface area contributed by atoms with Crippen LogP contribution >= 0.6 is 11.6 Å². The van der Waals surface area contributed by atoms with E-state index in [2.05, 4.69) is 29.6 Å². The zero-order chi connectivity index (χ0) is 13.4. The van der Waals surface area contributed by atoms with Gasteiger partial charge in [-0.2, -0.15) is 0 Å². The van der Waals surface area contributed by atoms with Gasteiger partial charge < -0.3 is 5.32 Å². The molecule has 1 aliphatic rings. The van der Waals surface area contributed by atoms with Crippen LogP contribution < -0.4 is 5.32 Å². The second-order valence-electron chi connectivity index (χ2n) is 4.93. The van der Waals surface area contributed by atoms with Crippen LogP contribution in [0.2, 0.25) is 5.02 Å². The Labute approximate surface area is 117 Å². The van der Waals surface area contributed by atoms with Gasteiger partial charge in [-0.15, -0.1) is 0 Å². The number of halogens is 2. The Kier molecular flexibility index (Phi) is 3.29. The van der Waals surface area contributed by atoms with Crippen molar-refractivity contribution in [2.75, 3.05) is 7.05 Å². The van der Waals surface area contributed by atoms with Crippen LogP contribution in [0.5, 0.6) is 0 Å². The number of hydrogen-bond acceptors (Lipinski definition) is 1. The third-order valence-corrected chi connectivity index (χ3v) is 4.20. The Morgan fingerprint density at radius 3 is 2.58 bits per heavy atom. The highest BCUT2D eigenvalue weighted by atomic mass is 35.5. The highest BCUT2D eigenvalue weighted by Crippen LogP contribution is 2.44. The van der Waals surface area contributed by atoms with E-state index in [1.54, 1.807) is 6.07 Å². The topological polar surface area (TPSA) is 12.0 Å². The summed E-state index contributed by atoms with van der Waals surface area (Å²) in [5.41, 5.74) is 3.72. The largest absolute Gasteiger partial charge is 0.313 e. The van der Waals surface area contributed by atoms with E-state index in [-0.39, 0.29) is 16.8 Å². The lowest BCUT2D eigenvalue weighted by Gasteiger charge is -2.13. The van der Waals surface area contributed by atoms with Crippen molar-refractivity contribution in [2.24, 2.45) is 0 Å². The van der Waals surface area contributed by atoms with Crippen LogP contribution in [0.3, 0.4) is 0 Å². The Morgan fingerprint density at radius 2 is 1.89 bits per heavy atom. The van der Waals surface area contributed by atoms with Crippen LogP contribution in [0.15, 0.2) is 42.5 Å². The molecular weight excluding hydrogens is 261 g/mol. The molecule has 0 aromatic heterocycles. The Bertz CT molecular complexity index is 611. The summed E-state index contributed by atoms with van der Waals surface area (Å²) < 4.78 is 13.3. The maximum Gasteiger partial charge on any atom is 0.141 e. The summed E-state index contributed by atoms with van der Waals surface area (Å²) in [4.78, 5) is 0. The second kappa shape index (κ2) is 4.95. The lowest BCUT2D eigenvalue weighted by molar-refractivity contribution is 0.563. The predicted molar refractivity (Wildman–Crippen MR) is 76.1 cm³/mol. The molecule has 98 valence electrons. The van der Waals surface area contributed by atoms with E-state index in [9.17, 15) is 4.39 Å². The summed E-state index contributed by atoms with van der Waals surface area (Å²) in [6.07, 6.45) is 0.984. The number of rotatable bonds is 2. The van der Waals surface area contributed by atoms with Crippen molar-refractivity contribution in [3.8, 4) is 0 Å². The van der Waals surface area contributed by atoms with E-state index in [4.69, 9.17) is 11.6 Å². The minimum atomic E-state index is -0.359. The van der Waals surface area contributed by atoms with Crippen molar-refractivity contribution in [3.05, 3.63) is 70.0 Å². The zero-order valence-electron chi connectivity index (χ0n) is 10.7. The van der Waals surface area contributed by atoms with Gasteiger partial charge in [0.05, 0.1) is 5.02 Å². The van der Waals surface area contributed by atoms with Crippen molar-refractivity contribution >= 4 is 11.6 Å². The van der Waals surface area contributed by atoms with Crippen molar-refractivity contribution < 1.29 is 4.39 Å². The fourth-order valence-electron chi connectivity index (χ4n) is 2.95. The van der Waals surface area contributed by atoms with E-state index in [0.717, 1.165) is 12.0 Å². The van der Waals surface area contributed by atoms with Gasteiger partial charge in [-0.25, -0.2) is 4.39 Å². The van der Waals surface area contributed by atoms with E-state index < -0.39 is 0 Å². The molecule has 1 N–H and O–H groups in total. The lowest BCUT2D eigenvalue weighted by Crippen LogP contribution is -2.13. The first-order chi connectivity index (χ1) is 9.20. The van der Waals surface area contributed by atoms with Gasteiger partial charge in [-0.1, -0.05) is 41.9 Å². The standard InChI is InChI=1S/C16H15ClFN/c1-19-16-9-13(11-4-2-3-5-12(11)16)10-6-7-15(18)14(17)8-10/h2-8,13,16,19H,9H2,1H3/t13-,16+/m1/s1. The van der Waals surface area contributed by atoms with Gasteiger partial charge in [-0.3, -0.25) is 0 Å². The average molecular weight is 276 g/mol. The minimum absolute atomic E-state index is 0.197. The summed E-state index contributed by atoms with van der Waals surface area (Å²) in [5.74, 6) is -0.0754. The molecule has 1 nitrogen and oxygen atoms in total. The molecular formula is C16H15ClFN. The molecule has 0 heterocycles. The molecule has 2 aromatic rings. The molecule has 0 unspecified atom stereocenters. The molecule has 0 saturated heterocycles. The summed E-state index contributed by atoms with van der Waals surface area (Å²) in [6.45, 7) is 0. The Balaban J connectivity index is 2.05. The van der Waals surface area contributed by atoms with Gasteiger partial charge in [0, 0.05) is 12.0 Å². The number of benzene rings is 2. The van der Waals surface area contributed by atoms with Crippen LogP contribution in [-0.4, -0.2) is 7.05 Å². The molecule has 1 aliphatic carbocycles. The predicted octanol–water partition coefficient (Wildman–Crippen LogP) is 4.28. The molecule has 0 bridgehead atoms. The molecule has 0 fully saturated rings. The molecule has 0 radical (unpaired) electrons. The van der Waals surface area contributed by atoms with Crippen molar-refractivity contribution in [2.45, 2.75) is 18.4 Å².